The Kier molecular flexibility index (Phi) is 4.72. The second-order valence-electron chi connectivity index (χ2n) is 7.13. The molecule has 146 valence electrons. The van der Waals surface area contributed by atoms with E-state index in [1.54, 1.807) is 0 Å². The standard InChI is InChI=1S/C19H21N5O2S2/c1-2-26-13-7-8-14-15(9-13)28-18(20-14)21-16(25)10-27-19-23-22-17(11-3-4-11)24(19)12-5-6-12/h7-9,11-12H,2-6,10H2,1H3,(H,20,21,25). The maximum Gasteiger partial charge on any atom is 0.236 e. The molecule has 0 saturated heterocycles. The fraction of sp³-hybridized carbons (Fsp3) is 0.474. The Morgan fingerprint density at radius 2 is 2.18 bits per heavy atom. The maximum atomic E-state index is 12.4. The van der Waals surface area contributed by atoms with Crippen LogP contribution in [0.25, 0.3) is 10.2 Å². The van der Waals surface area contributed by atoms with Crippen molar-refractivity contribution in [2.45, 2.75) is 49.7 Å². The van der Waals surface area contributed by atoms with Crippen LogP contribution < -0.4 is 10.1 Å². The first-order valence-corrected chi connectivity index (χ1v) is 11.4. The molecule has 7 nitrogen and oxygen atoms in total. The van der Waals surface area contributed by atoms with E-state index in [0.29, 0.717) is 29.5 Å². The summed E-state index contributed by atoms with van der Waals surface area (Å²) >= 11 is 2.91. The molecule has 2 aromatic heterocycles. The van der Waals surface area contributed by atoms with E-state index in [0.717, 1.165) is 26.9 Å². The Morgan fingerprint density at radius 1 is 1.32 bits per heavy atom. The summed E-state index contributed by atoms with van der Waals surface area (Å²) in [5.74, 6) is 2.72. The van der Waals surface area contributed by atoms with Gasteiger partial charge in [-0.1, -0.05) is 23.1 Å². The third-order valence-corrected chi connectivity index (χ3v) is 6.67. The van der Waals surface area contributed by atoms with E-state index >= 15 is 0 Å². The number of thioether (sulfide) groups is 1. The third-order valence-electron chi connectivity index (χ3n) is 4.80. The van der Waals surface area contributed by atoms with Gasteiger partial charge in [-0.25, -0.2) is 4.98 Å². The molecule has 0 radical (unpaired) electrons. The monoisotopic (exact) mass is 415 g/mol. The summed E-state index contributed by atoms with van der Waals surface area (Å²) in [4.78, 5) is 16.9. The number of rotatable bonds is 8. The predicted octanol–water partition coefficient (Wildman–Crippen LogP) is 4.23. The molecular weight excluding hydrogens is 394 g/mol. The number of hydrogen-bond donors (Lipinski definition) is 1. The molecule has 0 atom stereocenters. The van der Waals surface area contributed by atoms with E-state index < -0.39 is 0 Å². The lowest BCUT2D eigenvalue weighted by Gasteiger charge is -2.07. The zero-order chi connectivity index (χ0) is 19.1. The minimum absolute atomic E-state index is 0.0765. The minimum atomic E-state index is -0.0765. The molecule has 2 fully saturated rings. The average molecular weight is 416 g/mol. The maximum absolute atomic E-state index is 12.4. The highest BCUT2D eigenvalue weighted by atomic mass is 32.2. The number of thiazole rings is 1. The smallest absolute Gasteiger partial charge is 0.236 e. The lowest BCUT2D eigenvalue weighted by atomic mass is 10.3. The van der Waals surface area contributed by atoms with Gasteiger partial charge in [0.2, 0.25) is 5.91 Å². The summed E-state index contributed by atoms with van der Waals surface area (Å²) in [6.07, 6.45) is 4.79. The van der Waals surface area contributed by atoms with Crippen molar-refractivity contribution in [3.63, 3.8) is 0 Å². The Morgan fingerprint density at radius 3 is 2.93 bits per heavy atom. The minimum Gasteiger partial charge on any atom is -0.494 e. The number of carbonyl (C=O) groups is 1. The van der Waals surface area contributed by atoms with Crippen LogP contribution >= 0.6 is 23.1 Å². The highest BCUT2D eigenvalue weighted by Gasteiger charge is 2.36. The van der Waals surface area contributed by atoms with Crippen LogP contribution in [0, 0.1) is 0 Å². The van der Waals surface area contributed by atoms with Crippen LogP contribution in [0.4, 0.5) is 5.13 Å². The van der Waals surface area contributed by atoms with Crippen LogP contribution in [0.2, 0.25) is 0 Å². The van der Waals surface area contributed by atoms with Crippen molar-refractivity contribution in [3.05, 3.63) is 24.0 Å². The van der Waals surface area contributed by atoms with Gasteiger partial charge < -0.3 is 14.6 Å². The summed E-state index contributed by atoms with van der Waals surface area (Å²) in [5.41, 5.74) is 0.860. The van der Waals surface area contributed by atoms with E-state index in [2.05, 4.69) is 25.1 Å². The molecule has 1 N–H and O–H groups in total. The van der Waals surface area contributed by atoms with Crippen LogP contribution in [0.15, 0.2) is 23.4 Å². The van der Waals surface area contributed by atoms with Gasteiger partial charge in [0.25, 0.3) is 0 Å². The van der Waals surface area contributed by atoms with Gasteiger partial charge in [0.15, 0.2) is 10.3 Å². The SMILES string of the molecule is CCOc1ccc2nc(NC(=O)CSc3nnc(C4CC4)n3C3CC3)sc2c1. The molecule has 5 rings (SSSR count). The number of amides is 1. The fourth-order valence-corrected chi connectivity index (χ4v) is 4.91. The molecule has 0 unspecified atom stereocenters. The summed E-state index contributed by atoms with van der Waals surface area (Å²) in [5, 5.41) is 13.1. The van der Waals surface area contributed by atoms with Gasteiger partial charge in [0.05, 0.1) is 22.6 Å². The van der Waals surface area contributed by atoms with Gasteiger partial charge in [-0.3, -0.25) is 4.79 Å². The van der Waals surface area contributed by atoms with E-state index in [4.69, 9.17) is 4.74 Å². The zero-order valence-corrected chi connectivity index (χ0v) is 17.2. The molecule has 3 aromatic rings. The molecule has 0 aliphatic heterocycles. The molecule has 2 aliphatic rings. The molecule has 0 spiro atoms. The fourth-order valence-electron chi connectivity index (χ4n) is 3.18. The highest BCUT2D eigenvalue weighted by Crippen LogP contribution is 2.46. The third kappa shape index (κ3) is 3.73. The lowest BCUT2D eigenvalue weighted by Crippen LogP contribution is -2.14. The molecule has 2 heterocycles. The average Bonchev–Trinajstić information content (AvgIpc) is 3.61. The van der Waals surface area contributed by atoms with Crippen molar-refractivity contribution in [3.8, 4) is 5.75 Å². The van der Waals surface area contributed by atoms with Crippen LogP contribution in [0.3, 0.4) is 0 Å². The summed E-state index contributed by atoms with van der Waals surface area (Å²) in [7, 11) is 0. The summed E-state index contributed by atoms with van der Waals surface area (Å²) in [6, 6.07) is 6.30. The van der Waals surface area contributed by atoms with Gasteiger partial charge in [-0.15, -0.1) is 10.2 Å². The summed E-state index contributed by atoms with van der Waals surface area (Å²) < 4.78 is 8.79. The zero-order valence-electron chi connectivity index (χ0n) is 15.6. The van der Waals surface area contributed by atoms with Gasteiger partial charge in [-0.05, 0) is 50.8 Å². The second kappa shape index (κ2) is 7.36. The van der Waals surface area contributed by atoms with E-state index in [1.807, 2.05) is 25.1 Å². The van der Waals surface area contributed by atoms with E-state index in [1.165, 1.54) is 48.8 Å². The molecule has 2 aliphatic carbocycles. The van der Waals surface area contributed by atoms with Crippen molar-refractivity contribution >= 4 is 44.4 Å². The van der Waals surface area contributed by atoms with Gasteiger partial charge in [0.1, 0.15) is 11.6 Å². The number of fused-ring (bicyclic) bond motifs is 1. The second-order valence-corrected chi connectivity index (χ2v) is 9.11. The highest BCUT2D eigenvalue weighted by molar-refractivity contribution is 7.99. The lowest BCUT2D eigenvalue weighted by molar-refractivity contribution is -0.113. The topological polar surface area (TPSA) is 81.9 Å². The van der Waals surface area contributed by atoms with E-state index in [9.17, 15) is 4.79 Å². The largest absolute Gasteiger partial charge is 0.494 e. The Bertz CT molecular complexity index is 1020. The first kappa shape index (κ1) is 17.9. The van der Waals surface area contributed by atoms with Crippen molar-refractivity contribution in [2.75, 3.05) is 17.7 Å². The molecule has 1 aromatic carbocycles. The number of nitrogens with one attached hydrogen (secondary N) is 1. The van der Waals surface area contributed by atoms with Crippen molar-refractivity contribution in [1.82, 2.24) is 19.7 Å². The number of anilines is 1. The number of hydrogen-bond acceptors (Lipinski definition) is 7. The van der Waals surface area contributed by atoms with Crippen LogP contribution in [0.1, 0.15) is 50.4 Å². The number of carbonyl (C=O) groups excluding carboxylic acids is 1. The molecule has 0 bridgehead atoms. The molecule has 28 heavy (non-hydrogen) atoms. The summed E-state index contributed by atoms with van der Waals surface area (Å²) in [6.45, 7) is 2.58. The van der Waals surface area contributed by atoms with E-state index in [-0.39, 0.29) is 5.91 Å². The molecule has 9 heteroatoms. The van der Waals surface area contributed by atoms with Crippen LogP contribution in [0.5, 0.6) is 5.75 Å². The number of ether oxygens (including phenoxy) is 1. The molecule has 1 amide bonds. The quantitative estimate of drug-likeness (QED) is 0.555. The first-order valence-electron chi connectivity index (χ1n) is 9.62. The van der Waals surface area contributed by atoms with Gasteiger partial charge in [0, 0.05) is 12.0 Å². The first-order chi connectivity index (χ1) is 13.7. The van der Waals surface area contributed by atoms with Crippen LogP contribution in [-0.4, -0.2) is 38.0 Å². The Labute approximate surface area is 170 Å². The Balaban J connectivity index is 1.24. The number of nitrogens with zero attached hydrogens (tertiary/aromatic N) is 4. The van der Waals surface area contributed by atoms with Crippen LogP contribution in [-0.2, 0) is 4.79 Å². The van der Waals surface area contributed by atoms with Gasteiger partial charge in [-0.2, -0.15) is 0 Å². The number of aromatic nitrogens is 4. The van der Waals surface area contributed by atoms with Gasteiger partial charge >= 0.3 is 0 Å². The predicted molar refractivity (Wildman–Crippen MR) is 110 cm³/mol. The normalized spacial score (nSPS) is 16.5. The van der Waals surface area contributed by atoms with Crippen molar-refractivity contribution in [1.29, 1.82) is 0 Å². The van der Waals surface area contributed by atoms with Crippen molar-refractivity contribution in [2.24, 2.45) is 0 Å². The number of benzene rings is 1. The Hall–Kier alpha value is -2.13. The molecular formula is C19H21N5O2S2. The van der Waals surface area contributed by atoms with Crippen molar-refractivity contribution < 1.29 is 9.53 Å². The molecule has 2 saturated carbocycles.